The fourth-order valence-electron chi connectivity index (χ4n) is 4.40. The minimum absolute atomic E-state index is 0.115. The van der Waals surface area contributed by atoms with Gasteiger partial charge < -0.3 is 18.9 Å². The topological polar surface area (TPSA) is 82.6 Å². The second-order valence-corrected chi connectivity index (χ2v) is 9.45. The molecule has 0 radical (unpaired) electrons. The smallest absolute Gasteiger partial charge is 0.262 e. The summed E-state index contributed by atoms with van der Waals surface area (Å²) in [6, 6.07) is 19.4. The summed E-state index contributed by atoms with van der Waals surface area (Å²) in [5.41, 5.74) is 5.43. The molecule has 8 nitrogen and oxygen atoms in total. The first-order valence-electron chi connectivity index (χ1n) is 12.4. The largest absolute Gasteiger partial charge is 0.493 e. The van der Waals surface area contributed by atoms with E-state index in [1.165, 1.54) is 0 Å². The Hall–Kier alpha value is -4.43. The van der Waals surface area contributed by atoms with Crippen LogP contribution in [0.25, 0.3) is 33.4 Å². The highest BCUT2D eigenvalue weighted by Crippen LogP contribution is 2.34. The lowest BCUT2D eigenvalue weighted by molar-refractivity contribution is 0.0965. The van der Waals surface area contributed by atoms with E-state index in [4.69, 9.17) is 14.0 Å². The summed E-state index contributed by atoms with van der Waals surface area (Å²) in [5, 5.41) is 4.90. The van der Waals surface area contributed by atoms with Crippen molar-refractivity contribution in [3.8, 4) is 34.0 Å². The third-order valence-electron chi connectivity index (χ3n) is 6.45. The van der Waals surface area contributed by atoms with Gasteiger partial charge in [0.15, 0.2) is 11.5 Å². The van der Waals surface area contributed by atoms with Crippen LogP contribution in [0.4, 0.5) is 0 Å². The molecule has 5 aromatic rings. The predicted octanol–water partition coefficient (Wildman–Crippen LogP) is 5.61. The van der Waals surface area contributed by atoms with E-state index in [-0.39, 0.29) is 5.91 Å². The molecule has 0 spiro atoms. The van der Waals surface area contributed by atoms with Crippen LogP contribution in [0.15, 0.2) is 71.4 Å². The molecule has 0 aliphatic rings. The number of hydrogen-bond acceptors (Lipinski definition) is 7. The monoisotopic (exact) mass is 510 g/mol. The van der Waals surface area contributed by atoms with Gasteiger partial charge in [-0.2, -0.15) is 4.98 Å². The number of methoxy groups -OCH3 is 1. The summed E-state index contributed by atoms with van der Waals surface area (Å²) in [6.45, 7) is 5.10. The maximum absolute atomic E-state index is 13.5. The summed E-state index contributed by atoms with van der Waals surface area (Å²) in [4.78, 5) is 19.8. The molecule has 0 N–H and O–H groups in total. The average molecular weight is 511 g/mol. The second kappa shape index (κ2) is 10.5. The molecule has 0 aliphatic carbocycles. The van der Waals surface area contributed by atoms with E-state index in [1.807, 2.05) is 86.6 Å². The number of nitrogens with zero attached hydrogens (tertiary/aromatic N) is 4. The average Bonchev–Trinajstić information content (AvgIpc) is 3.53. The van der Waals surface area contributed by atoms with E-state index in [9.17, 15) is 4.79 Å². The second-order valence-electron chi connectivity index (χ2n) is 9.45. The first-order valence-corrected chi connectivity index (χ1v) is 12.4. The molecule has 5 rings (SSSR count). The van der Waals surface area contributed by atoms with E-state index < -0.39 is 0 Å². The van der Waals surface area contributed by atoms with Crippen LogP contribution >= 0.6 is 0 Å². The number of carbonyl (C=O) groups is 1. The quantitative estimate of drug-likeness (QED) is 0.268. The lowest BCUT2D eigenvalue weighted by Gasteiger charge is -2.14. The van der Waals surface area contributed by atoms with Gasteiger partial charge in [0.2, 0.25) is 11.7 Å². The van der Waals surface area contributed by atoms with Gasteiger partial charge in [0, 0.05) is 42.2 Å². The molecule has 0 saturated heterocycles. The van der Waals surface area contributed by atoms with Crippen molar-refractivity contribution in [2.75, 3.05) is 34.4 Å². The molecule has 3 aromatic carbocycles. The summed E-state index contributed by atoms with van der Waals surface area (Å²) >= 11 is 0. The van der Waals surface area contributed by atoms with Gasteiger partial charge in [-0.05, 0) is 68.0 Å². The van der Waals surface area contributed by atoms with E-state index in [1.54, 1.807) is 24.8 Å². The molecule has 0 fully saturated rings. The number of aryl methyl sites for hydroxylation is 2. The molecular weight excluding hydrogens is 480 g/mol. The van der Waals surface area contributed by atoms with Crippen LogP contribution in [0.5, 0.6) is 11.5 Å². The van der Waals surface area contributed by atoms with Gasteiger partial charge in [-0.15, -0.1) is 0 Å². The summed E-state index contributed by atoms with van der Waals surface area (Å²) in [5.74, 6) is 2.24. The summed E-state index contributed by atoms with van der Waals surface area (Å²) in [7, 11) is 5.60. The van der Waals surface area contributed by atoms with Crippen LogP contribution in [-0.4, -0.2) is 59.9 Å². The number of hydrogen-bond donors (Lipinski definition) is 0. The number of aromatic nitrogens is 3. The molecule has 0 aliphatic heterocycles. The lowest BCUT2D eigenvalue weighted by Crippen LogP contribution is -2.19. The van der Waals surface area contributed by atoms with Crippen molar-refractivity contribution in [3.05, 3.63) is 83.9 Å². The predicted molar refractivity (Wildman–Crippen MR) is 147 cm³/mol. The van der Waals surface area contributed by atoms with Gasteiger partial charge in [0.05, 0.1) is 12.6 Å². The normalized spacial score (nSPS) is 11.3. The van der Waals surface area contributed by atoms with Gasteiger partial charge >= 0.3 is 0 Å². The van der Waals surface area contributed by atoms with Crippen molar-refractivity contribution in [3.63, 3.8) is 0 Å². The maximum Gasteiger partial charge on any atom is 0.262 e. The maximum atomic E-state index is 13.5. The Morgan fingerprint density at radius 3 is 2.39 bits per heavy atom. The molecule has 0 saturated carbocycles. The molecule has 0 bridgehead atoms. The van der Waals surface area contributed by atoms with Gasteiger partial charge in [-0.25, -0.2) is 0 Å². The van der Waals surface area contributed by atoms with Gasteiger partial charge in [0.1, 0.15) is 6.61 Å². The zero-order chi connectivity index (χ0) is 26.8. The standard InChI is InChI=1S/C30H30N4O4/c1-19-16-24(29-31-20(2)38-32-29)10-11-25(19)21-6-8-22(9-7-21)30(35)34-13-12-23-17-27(36-5)28(18-26(23)34)37-15-14-33(3)4/h6-13,16-18H,14-15H2,1-5H3. The Morgan fingerprint density at radius 1 is 0.974 bits per heavy atom. The van der Waals surface area contributed by atoms with Crippen LogP contribution in [-0.2, 0) is 0 Å². The zero-order valence-electron chi connectivity index (χ0n) is 22.2. The van der Waals surface area contributed by atoms with Crippen molar-refractivity contribution in [1.29, 1.82) is 0 Å². The molecule has 0 amide bonds. The lowest BCUT2D eigenvalue weighted by atomic mass is 9.97. The Balaban J connectivity index is 1.40. The first-order chi connectivity index (χ1) is 18.3. The van der Waals surface area contributed by atoms with E-state index in [0.717, 1.165) is 39.7 Å². The van der Waals surface area contributed by atoms with Crippen molar-refractivity contribution in [2.45, 2.75) is 13.8 Å². The third-order valence-corrected chi connectivity index (χ3v) is 6.45. The molecule has 38 heavy (non-hydrogen) atoms. The van der Waals surface area contributed by atoms with E-state index in [2.05, 4.69) is 10.1 Å². The van der Waals surface area contributed by atoms with Crippen molar-refractivity contribution in [1.82, 2.24) is 19.6 Å². The first kappa shape index (κ1) is 25.2. The van der Waals surface area contributed by atoms with Crippen molar-refractivity contribution < 1.29 is 18.8 Å². The van der Waals surface area contributed by atoms with Crippen LogP contribution in [0.3, 0.4) is 0 Å². The van der Waals surface area contributed by atoms with Crippen LogP contribution < -0.4 is 9.47 Å². The molecule has 0 atom stereocenters. The molecule has 194 valence electrons. The summed E-state index contributed by atoms with van der Waals surface area (Å²) in [6.07, 6.45) is 1.78. The fourth-order valence-corrected chi connectivity index (χ4v) is 4.40. The summed E-state index contributed by atoms with van der Waals surface area (Å²) < 4.78 is 18.2. The highest BCUT2D eigenvalue weighted by atomic mass is 16.5. The molecular formula is C30H30N4O4. The number of ether oxygens (including phenoxy) is 2. The van der Waals surface area contributed by atoms with Gasteiger partial charge in [-0.1, -0.05) is 29.4 Å². The highest BCUT2D eigenvalue weighted by Gasteiger charge is 2.16. The number of fused-ring (bicyclic) bond motifs is 1. The van der Waals surface area contributed by atoms with Crippen LogP contribution in [0.1, 0.15) is 21.8 Å². The number of benzene rings is 3. The molecule has 0 unspecified atom stereocenters. The van der Waals surface area contributed by atoms with Crippen LogP contribution in [0.2, 0.25) is 0 Å². The van der Waals surface area contributed by atoms with Crippen LogP contribution in [0, 0.1) is 13.8 Å². The van der Waals surface area contributed by atoms with Crippen molar-refractivity contribution >= 4 is 16.8 Å². The Bertz CT molecular complexity index is 1600. The SMILES string of the molecule is COc1cc2ccn(C(=O)c3ccc(-c4ccc(-c5noc(C)n5)cc4C)cc3)c2cc1OCCN(C)C. The Kier molecular flexibility index (Phi) is 6.98. The number of carbonyl (C=O) groups excluding carboxylic acids is 1. The minimum atomic E-state index is -0.115. The molecule has 8 heteroatoms. The minimum Gasteiger partial charge on any atom is -0.493 e. The Labute approximate surface area is 221 Å². The number of rotatable bonds is 8. The fraction of sp³-hybridized carbons (Fsp3) is 0.233. The molecule has 2 heterocycles. The van der Waals surface area contributed by atoms with Gasteiger partial charge in [0.25, 0.3) is 5.91 Å². The Morgan fingerprint density at radius 2 is 1.74 bits per heavy atom. The van der Waals surface area contributed by atoms with Crippen molar-refractivity contribution in [2.24, 2.45) is 0 Å². The van der Waals surface area contributed by atoms with E-state index in [0.29, 0.717) is 35.4 Å². The molecule has 2 aromatic heterocycles. The highest BCUT2D eigenvalue weighted by molar-refractivity contribution is 6.03. The zero-order valence-corrected chi connectivity index (χ0v) is 22.2. The van der Waals surface area contributed by atoms with E-state index >= 15 is 0 Å². The number of likely N-dealkylation sites (N-methyl/N-ethyl adjacent to an activating group) is 1. The van der Waals surface area contributed by atoms with Gasteiger partial charge in [-0.3, -0.25) is 9.36 Å². The third kappa shape index (κ3) is 5.03.